The van der Waals surface area contributed by atoms with Crippen molar-refractivity contribution in [1.29, 1.82) is 0 Å². The number of aromatic nitrogens is 1. The first-order valence-electron chi connectivity index (χ1n) is 8.61. The SMILES string of the molecule is CC(C)N=C1S/C(=C/c2cccn2-c2ccc(Cl)cc2)C(=O)N1C(C)C. The largest absolute Gasteiger partial charge is 0.317 e. The summed E-state index contributed by atoms with van der Waals surface area (Å²) in [4.78, 5) is 20.0. The van der Waals surface area contributed by atoms with E-state index in [0.717, 1.165) is 16.5 Å². The number of aliphatic imine (C=N–C) groups is 1. The van der Waals surface area contributed by atoms with E-state index in [2.05, 4.69) is 4.99 Å². The first-order chi connectivity index (χ1) is 12.4. The molecule has 0 N–H and O–H groups in total. The Kier molecular flexibility index (Phi) is 5.58. The number of thioether (sulfide) groups is 1. The molecule has 0 saturated carbocycles. The zero-order valence-corrected chi connectivity index (χ0v) is 16.9. The van der Waals surface area contributed by atoms with Crippen molar-refractivity contribution < 1.29 is 4.79 Å². The molecule has 1 aromatic carbocycles. The normalized spacial score (nSPS) is 18.1. The highest BCUT2D eigenvalue weighted by Crippen LogP contribution is 2.34. The first-order valence-corrected chi connectivity index (χ1v) is 9.80. The van der Waals surface area contributed by atoms with Crippen LogP contribution >= 0.6 is 23.4 Å². The summed E-state index contributed by atoms with van der Waals surface area (Å²) in [5.41, 5.74) is 1.94. The number of rotatable bonds is 4. The predicted octanol–water partition coefficient (Wildman–Crippen LogP) is 5.22. The molecule has 2 heterocycles. The van der Waals surface area contributed by atoms with E-state index in [1.54, 1.807) is 4.90 Å². The quantitative estimate of drug-likeness (QED) is 0.674. The zero-order chi connectivity index (χ0) is 18.8. The number of hydrogen-bond donors (Lipinski definition) is 0. The van der Waals surface area contributed by atoms with Gasteiger partial charge in [0.2, 0.25) is 0 Å². The minimum absolute atomic E-state index is 0.00764. The number of amidine groups is 1. The molecule has 3 rings (SSSR count). The molecule has 136 valence electrons. The van der Waals surface area contributed by atoms with Gasteiger partial charge in [0.1, 0.15) is 0 Å². The third kappa shape index (κ3) is 3.89. The zero-order valence-electron chi connectivity index (χ0n) is 15.3. The maximum Gasteiger partial charge on any atom is 0.267 e. The molecular formula is C20H22ClN3OS. The van der Waals surface area contributed by atoms with Crippen LogP contribution in [-0.4, -0.2) is 32.6 Å². The summed E-state index contributed by atoms with van der Waals surface area (Å²) in [7, 11) is 0. The Balaban J connectivity index is 1.97. The highest BCUT2D eigenvalue weighted by atomic mass is 35.5. The molecule has 4 nitrogen and oxygen atoms in total. The highest BCUT2D eigenvalue weighted by Gasteiger charge is 2.35. The van der Waals surface area contributed by atoms with Gasteiger partial charge in [-0.3, -0.25) is 14.7 Å². The molecule has 1 fully saturated rings. The van der Waals surface area contributed by atoms with Crippen molar-refractivity contribution >= 4 is 40.5 Å². The number of nitrogens with zero attached hydrogens (tertiary/aromatic N) is 3. The lowest BCUT2D eigenvalue weighted by Gasteiger charge is -2.20. The van der Waals surface area contributed by atoms with Crippen LogP contribution < -0.4 is 0 Å². The summed E-state index contributed by atoms with van der Waals surface area (Å²) in [6.07, 6.45) is 3.91. The Morgan fingerprint density at radius 3 is 2.42 bits per heavy atom. The highest BCUT2D eigenvalue weighted by molar-refractivity contribution is 8.18. The predicted molar refractivity (Wildman–Crippen MR) is 111 cm³/mol. The van der Waals surface area contributed by atoms with Gasteiger partial charge in [0.15, 0.2) is 5.17 Å². The van der Waals surface area contributed by atoms with E-state index in [9.17, 15) is 4.79 Å². The van der Waals surface area contributed by atoms with E-state index in [1.165, 1.54) is 11.8 Å². The van der Waals surface area contributed by atoms with Crippen LogP contribution in [0.3, 0.4) is 0 Å². The van der Waals surface area contributed by atoms with Gasteiger partial charge in [-0.1, -0.05) is 11.6 Å². The Labute approximate surface area is 163 Å². The van der Waals surface area contributed by atoms with E-state index in [4.69, 9.17) is 11.6 Å². The van der Waals surface area contributed by atoms with E-state index in [1.807, 2.05) is 80.9 Å². The number of carbonyl (C=O) groups excluding carboxylic acids is 1. The summed E-state index contributed by atoms with van der Waals surface area (Å²) in [5.74, 6) is 0.00764. The van der Waals surface area contributed by atoms with Gasteiger partial charge in [-0.25, -0.2) is 0 Å². The number of benzene rings is 1. The van der Waals surface area contributed by atoms with Crippen LogP contribution in [0.4, 0.5) is 0 Å². The number of carbonyl (C=O) groups is 1. The molecule has 0 atom stereocenters. The monoisotopic (exact) mass is 387 g/mol. The van der Waals surface area contributed by atoms with Crippen LogP contribution in [0.15, 0.2) is 52.5 Å². The first kappa shape index (κ1) is 18.8. The van der Waals surface area contributed by atoms with Gasteiger partial charge in [-0.2, -0.15) is 0 Å². The number of hydrogen-bond acceptors (Lipinski definition) is 3. The maximum absolute atomic E-state index is 12.9. The molecule has 0 unspecified atom stereocenters. The molecule has 1 amide bonds. The number of amides is 1. The van der Waals surface area contributed by atoms with Gasteiger partial charge < -0.3 is 4.57 Å². The molecule has 0 aliphatic carbocycles. The van der Waals surface area contributed by atoms with Gasteiger partial charge in [0.05, 0.1) is 4.91 Å². The Hall–Kier alpha value is -1.98. The lowest BCUT2D eigenvalue weighted by atomic mass is 10.3. The Morgan fingerprint density at radius 1 is 1.12 bits per heavy atom. The van der Waals surface area contributed by atoms with Gasteiger partial charge in [-0.05, 0) is 81.9 Å². The Morgan fingerprint density at radius 2 is 1.81 bits per heavy atom. The van der Waals surface area contributed by atoms with Gasteiger partial charge >= 0.3 is 0 Å². The van der Waals surface area contributed by atoms with Crippen molar-refractivity contribution in [2.45, 2.75) is 39.8 Å². The van der Waals surface area contributed by atoms with Crippen LogP contribution in [0.1, 0.15) is 33.4 Å². The van der Waals surface area contributed by atoms with E-state index in [0.29, 0.717) is 9.93 Å². The fraction of sp³-hybridized carbons (Fsp3) is 0.300. The van der Waals surface area contributed by atoms with Gasteiger partial charge in [0, 0.05) is 34.7 Å². The summed E-state index contributed by atoms with van der Waals surface area (Å²) in [6.45, 7) is 8.05. The van der Waals surface area contributed by atoms with Crippen molar-refractivity contribution in [3.63, 3.8) is 0 Å². The van der Waals surface area contributed by atoms with E-state index < -0.39 is 0 Å². The minimum Gasteiger partial charge on any atom is -0.317 e. The average molecular weight is 388 g/mol. The fourth-order valence-electron chi connectivity index (χ4n) is 2.74. The van der Waals surface area contributed by atoms with Gasteiger partial charge in [0.25, 0.3) is 5.91 Å². The second-order valence-electron chi connectivity index (χ2n) is 6.66. The molecule has 0 radical (unpaired) electrons. The van der Waals surface area contributed by atoms with Crippen molar-refractivity contribution in [2.24, 2.45) is 4.99 Å². The molecule has 1 aromatic heterocycles. The smallest absolute Gasteiger partial charge is 0.267 e. The molecular weight excluding hydrogens is 366 g/mol. The summed E-state index contributed by atoms with van der Waals surface area (Å²) in [6, 6.07) is 11.8. The molecule has 1 saturated heterocycles. The number of halogens is 1. The fourth-order valence-corrected chi connectivity index (χ4v) is 4.08. The summed E-state index contributed by atoms with van der Waals surface area (Å²) < 4.78 is 2.04. The summed E-state index contributed by atoms with van der Waals surface area (Å²) >= 11 is 7.43. The molecule has 1 aliphatic rings. The molecule has 0 spiro atoms. The molecule has 6 heteroatoms. The van der Waals surface area contributed by atoms with E-state index in [-0.39, 0.29) is 18.0 Å². The maximum atomic E-state index is 12.9. The van der Waals surface area contributed by atoms with Crippen LogP contribution in [0.25, 0.3) is 11.8 Å². The summed E-state index contributed by atoms with van der Waals surface area (Å²) in [5, 5.41) is 1.47. The standard InChI is InChI=1S/C20H22ClN3OS/c1-13(2)22-20-24(14(3)4)19(25)18(26-20)12-17-6-5-11-23(17)16-9-7-15(21)8-10-16/h5-14H,1-4H3/b18-12+,22-20?. The third-order valence-electron chi connectivity index (χ3n) is 3.89. The minimum atomic E-state index is 0.00764. The van der Waals surface area contributed by atoms with E-state index >= 15 is 0 Å². The third-order valence-corrected chi connectivity index (χ3v) is 5.14. The van der Waals surface area contributed by atoms with Crippen LogP contribution in [0, 0.1) is 0 Å². The van der Waals surface area contributed by atoms with Crippen LogP contribution in [-0.2, 0) is 4.79 Å². The van der Waals surface area contributed by atoms with Crippen molar-refractivity contribution in [1.82, 2.24) is 9.47 Å². The molecule has 0 bridgehead atoms. The van der Waals surface area contributed by atoms with Crippen LogP contribution in [0.2, 0.25) is 5.02 Å². The average Bonchev–Trinajstić information content (AvgIpc) is 3.13. The van der Waals surface area contributed by atoms with Gasteiger partial charge in [-0.15, -0.1) is 0 Å². The topological polar surface area (TPSA) is 37.6 Å². The molecule has 26 heavy (non-hydrogen) atoms. The van der Waals surface area contributed by atoms with Crippen LogP contribution in [0.5, 0.6) is 0 Å². The Bertz CT molecular complexity index is 865. The second-order valence-corrected chi connectivity index (χ2v) is 8.11. The molecule has 2 aromatic rings. The van der Waals surface area contributed by atoms with Crippen molar-refractivity contribution in [3.8, 4) is 5.69 Å². The van der Waals surface area contributed by atoms with Crippen molar-refractivity contribution in [3.05, 3.63) is 58.2 Å². The lowest BCUT2D eigenvalue weighted by molar-refractivity contribution is -0.123. The molecule has 1 aliphatic heterocycles. The second kappa shape index (κ2) is 7.72. The van der Waals surface area contributed by atoms with Crippen molar-refractivity contribution in [2.75, 3.05) is 0 Å². The lowest BCUT2D eigenvalue weighted by Crippen LogP contribution is -2.35.